The Morgan fingerprint density at radius 3 is 2.48 bits per heavy atom. The zero-order chi connectivity index (χ0) is 21.2. The summed E-state index contributed by atoms with van der Waals surface area (Å²) in [6.45, 7) is 2.21. The van der Waals surface area contributed by atoms with E-state index in [9.17, 15) is 22.4 Å². The van der Waals surface area contributed by atoms with Gasteiger partial charge in [0.1, 0.15) is 22.7 Å². The number of likely N-dealkylation sites (tertiary alicyclic amines) is 1. The fourth-order valence-corrected chi connectivity index (χ4v) is 3.59. The zero-order valence-electron chi connectivity index (χ0n) is 15.4. The monoisotopic (exact) mass is 431 g/mol. The van der Waals surface area contributed by atoms with E-state index >= 15 is 0 Å². The van der Waals surface area contributed by atoms with Crippen molar-refractivity contribution in [2.24, 2.45) is 0 Å². The number of halogens is 5. The SMILES string of the molecule is CCOc1cc(F)ccc1[C@@H]1C[C@@H](Cl)C(=O)N1Cc1ccc(OC(F)(F)F)cc1. The number of amides is 1. The quantitative estimate of drug-likeness (QED) is 0.466. The Bertz CT molecular complexity index is 873. The van der Waals surface area contributed by atoms with Crippen LogP contribution < -0.4 is 9.47 Å². The predicted molar refractivity (Wildman–Crippen MR) is 98.2 cm³/mol. The third-order valence-electron chi connectivity index (χ3n) is 4.50. The van der Waals surface area contributed by atoms with Crippen LogP contribution in [-0.2, 0) is 11.3 Å². The van der Waals surface area contributed by atoms with Crippen LogP contribution in [-0.4, -0.2) is 29.2 Å². The molecule has 0 saturated carbocycles. The summed E-state index contributed by atoms with van der Waals surface area (Å²) in [6.07, 6.45) is -4.47. The maximum absolute atomic E-state index is 13.6. The standard InChI is InChI=1S/C20H18ClF4NO3/c1-2-28-18-9-13(22)5-8-15(18)17-10-16(21)19(27)26(17)11-12-3-6-14(7-4-12)29-20(23,24)25/h3-9,16-17H,2,10-11H2,1H3/t16-,17+/m1/s1. The molecule has 0 radical (unpaired) electrons. The van der Waals surface area contributed by atoms with Gasteiger partial charge in [-0.1, -0.05) is 18.2 Å². The Morgan fingerprint density at radius 2 is 1.86 bits per heavy atom. The van der Waals surface area contributed by atoms with Crippen molar-refractivity contribution in [3.8, 4) is 11.5 Å². The van der Waals surface area contributed by atoms with Crippen molar-refractivity contribution in [1.82, 2.24) is 4.90 Å². The van der Waals surface area contributed by atoms with Gasteiger partial charge in [0, 0.05) is 18.2 Å². The van der Waals surface area contributed by atoms with Gasteiger partial charge in [0.05, 0.1) is 12.6 Å². The molecule has 156 valence electrons. The van der Waals surface area contributed by atoms with E-state index in [1.807, 2.05) is 0 Å². The molecule has 0 aromatic heterocycles. The van der Waals surface area contributed by atoms with Gasteiger partial charge in [-0.25, -0.2) is 4.39 Å². The molecule has 0 bridgehead atoms. The van der Waals surface area contributed by atoms with Crippen LogP contribution in [0.4, 0.5) is 17.6 Å². The molecule has 1 saturated heterocycles. The number of hydrogen-bond acceptors (Lipinski definition) is 3. The van der Waals surface area contributed by atoms with Crippen molar-refractivity contribution < 1.29 is 31.8 Å². The maximum atomic E-state index is 13.6. The van der Waals surface area contributed by atoms with E-state index in [0.29, 0.717) is 29.9 Å². The van der Waals surface area contributed by atoms with Crippen molar-refractivity contribution in [2.75, 3.05) is 6.61 Å². The molecule has 2 atom stereocenters. The van der Waals surface area contributed by atoms with E-state index in [1.54, 1.807) is 13.0 Å². The van der Waals surface area contributed by atoms with Gasteiger partial charge in [-0.15, -0.1) is 24.8 Å². The van der Waals surface area contributed by atoms with Crippen molar-refractivity contribution in [1.29, 1.82) is 0 Å². The fraction of sp³-hybridized carbons (Fsp3) is 0.350. The largest absolute Gasteiger partial charge is 0.573 e. The van der Waals surface area contributed by atoms with E-state index in [4.69, 9.17) is 16.3 Å². The number of carbonyl (C=O) groups is 1. The molecule has 0 N–H and O–H groups in total. The van der Waals surface area contributed by atoms with Crippen LogP contribution in [0.1, 0.15) is 30.5 Å². The second kappa shape index (κ2) is 8.49. The van der Waals surface area contributed by atoms with Crippen molar-refractivity contribution in [2.45, 2.75) is 37.7 Å². The van der Waals surface area contributed by atoms with Gasteiger partial charge in [-0.05, 0) is 37.1 Å². The first kappa shape index (κ1) is 21.2. The van der Waals surface area contributed by atoms with Gasteiger partial charge in [-0.2, -0.15) is 0 Å². The summed E-state index contributed by atoms with van der Waals surface area (Å²) in [6, 6.07) is 8.90. The lowest BCUT2D eigenvalue weighted by Gasteiger charge is -2.26. The first-order chi connectivity index (χ1) is 13.7. The normalized spacial score (nSPS) is 19.5. The average Bonchev–Trinajstić information content (AvgIpc) is 2.91. The van der Waals surface area contributed by atoms with Gasteiger partial charge in [0.2, 0.25) is 5.91 Å². The molecule has 0 unspecified atom stereocenters. The molecule has 9 heteroatoms. The van der Waals surface area contributed by atoms with E-state index in [0.717, 1.165) is 0 Å². The summed E-state index contributed by atoms with van der Waals surface area (Å²) in [5.74, 6) is -0.789. The molecule has 1 fully saturated rings. The van der Waals surface area contributed by atoms with E-state index < -0.39 is 23.6 Å². The highest BCUT2D eigenvalue weighted by Crippen LogP contribution is 2.41. The van der Waals surface area contributed by atoms with Gasteiger partial charge < -0.3 is 14.4 Å². The lowest BCUT2D eigenvalue weighted by Crippen LogP contribution is -2.29. The minimum atomic E-state index is -4.78. The van der Waals surface area contributed by atoms with E-state index in [-0.39, 0.29) is 18.2 Å². The molecule has 0 spiro atoms. The van der Waals surface area contributed by atoms with Gasteiger partial charge in [-0.3, -0.25) is 4.79 Å². The summed E-state index contributed by atoms with van der Waals surface area (Å²) in [5.41, 5.74) is 1.23. The first-order valence-corrected chi connectivity index (χ1v) is 9.33. The molecule has 4 nitrogen and oxygen atoms in total. The molecular weight excluding hydrogens is 414 g/mol. The lowest BCUT2D eigenvalue weighted by molar-refractivity contribution is -0.274. The molecule has 1 heterocycles. The zero-order valence-corrected chi connectivity index (χ0v) is 16.1. The highest BCUT2D eigenvalue weighted by molar-refractivity contribution is 6.31. The first-order valence-electron chi connectivity index (χ1n) is 8.89. The molecule has 1 aliphatic rings. The Labute approximate surface area is 170 Å². The Balaban J connectivity index is 1.84. The number of nitrogens with zero attached hydrogens (tertiary/aromatic N) is 1. The summed E-state index contributed by atoms with van der Waals surface area (Å²) in [5, 5.41) is -0.757. The fourth-order valence-electron chi connectivity index (χ4n) is 3.30. The molecular formula is C20H18ClF4NO3. The van der Waals surface area contributed by atoms with E-state index in [2.05, 4.69) is 4.74 Å². The lowest BCUT2D eigenvalue weighted by atomic mass is 10.0. The summed E-state index contributed by atoms with van der Waals surface area (Å²) in [4.78, 5) is 14.1. The average molecular weight is 432 g/mol. The number of ether oxygens (including phenoxy) is 2. The molecule has 1 aliphatic heterocycles. The highest BCUT2D eigenvalue weighted by Gasteiger charge is 2.40. The third-order valence-corrected chi connectivity index (χ3v) is 4.87. The van der Waals surface area contributed by atoms with Crippen molar-refractivity contribution in [3.63, 3.8) is 0 Å². The number of carbonyl (C=O) groups excluding carboxylic acids is 1. The molecule has 3 rings (SSSR count). The smallest absolute Gasteiger partial charge is 0.493 e. The Kier molecular flexibility index (Phi) is 6.21. The van der Waals surface area contributed by atoms with Crippen molar-refractivity contribution in [3.05, 3.63) is 59.4 Å². The minimum Gasteiger partial charge on any atom is -0.493 e. The van der Waals surface area contributed by atoms with Crippen LogP contribution in [0.5, 0.6) is 11.5 Å². The van der Waals surface area contributed by atoms with Gasteiger partial charge in [0.25, 0.3) is 0 Å². The van der Waals surface area contributed by atoms with Crippen LogP contribution >= 0.6 is 11.6 Å². The van der Waals surface area contributed by atoms with Crippen molar-refractivity contribution >= 4 is 17.5 Å². The minimum absolute atomic E-state index is 0.127. The molecule has 29 heavy (non-hydrogen) atoms. The Morgan fingerprint density at radius 1 is 1.17 bits per heavy atom. The summed E-state index contributed by atoms with van der Waals surface area (Å²) >= 11 is 6.18. The number of rotatable bonds is 6. The van der Waals surface area contributed by atoms with E-state index in [1.165, 1.54) is 41.3 Å². The van der Waals surface area contributed by atoms with Crippen LogP contribution in [0, 0.1) is 5.82 Å². The predicted octanol–water partition coefficient (Wildman–Crippen LogP) is 5.20. The van der Waals surface area contributed by atoms with Gasteiger partial charge >= 0.3 is 6.36 Å². The van der Waals surface area contributed by atoms with Gasteiger partial charge in [0.15, 0.2) is 0 Å². The summed E-state index contributed by atoms with van der Waals surface area (Å²) in [7, 11) is 0. The molecule has 2 aromatic rings. The third kappa shape index (κ3) is 5.12. The summed E-state index contributed by atoms with van der Waals surface area (Å²) < 4.78 is 59.9. The van der Waals surface area contributed by atoms with Crippen LogP contribution in [0.25, 0.3) is 0 Å². The van der Waals surface area contributed by atoms with Crippen LogP contribution in [0.2, 0.25) is 0 Å². The van der Waals surface area contributed by atoms with Crippen LogP contribution in [0.15, 0.2) is 42.5 Å². The number of alkyl halides is 4. The Hall–Kier alpha value is -2.48. The van der Waals surface area contributed by atoms with Crippen LogP contribution in [0.3, 0.4) is 0 Å². The molecule has 0 aliphatic carbocycles. The maximum Gasteiger partial charge on any atom is 0.573 e. The number of hydrogen-bond donors (Lipinski definition) is 0. The number of benzene rings is 2. The second-order valence-electron chi connectivity index (χ2n) is 6.49. The highest BCUT2D eigenvalue weighted by atomic mass is 35.5. The molecule has 2 aromatic carbocycles. The second-order valence-corrected chi connectivity index (χ2v) is 7.02. The topological polar surface area (TPSA) is 38.8 Å². The molecule has 1 amide bonds.